The van der Waals surface area contributed by atoms with Crippen LogP contribution in [0.5, 0.6) is 0 Å². The van der Waals surface area contributed by atoms with E-state index in [4.69, 9.17) is 4.74 Å². The fourth-order valence-electron chi connectivity index (χ4n) is 2.79. The predicted molar refractivity (Wildman–Crippen MR) is 75.0 cm³/mol. The van der Waals surface area contributed by atoms with Crippen molar-refractivity contribution in [1.29, 1.82) is 0 Å². The number of carbonyl (C=O) groups is 3. The minimum atomic E-state index is -1.13. The monoisotopic (exact) mass is 291 g/mol. The van der Waals surface area contributed by atoms with Crippen LogP contribution in [0.15, 0.2) is 24.3 Å². The zero-order valence-corrected chi connectivity index (χ0v) is 11.9. The minimum absolute atomic E-state index is 0.0639. The number of fused-ring (bicyclic) bond motifs is 1. The number of hydrogen-bond acceptors (Lipinski definition) is 4. The van der Waals surface area contributed by atoms with Crippen molar-refractivity contribution in [3.8, 4) is 0 Å². The highest BCUT2D eigenvalue weighted by atomic mass is 16.5. The lowest BCUT2D eigenvalue weighted by molar-refractivity contribution is -0.145. The molecule has 1 N–H and O–H groups in total. The van der Waals surface area contributed by atoms with Gasteiger partial charge in [0.15, 0.2) is 0 Å². The maximum absolute atomic E-state index is 11.8. The molecule has 1 aromatic rings. The summed E-state index contributed by atoms with van der Waals surface area (Å²) in [5.74, 6) is -2.55. The molecular weight excluding hydrogens is 274 g/mol. The first-order valence-corrected chi connectivity index (χ1v) is 6.74. The van der Waals surface area contributed by atoms with Gasteiger partial charge in [-0.1, -0.05) is 18.2 Å². The molecule has 6 heteroatoms. The number of nitrogens with zero attached hydrogens (tertiary/aromatic N) is 1. The highest BCUT2D eigenvalue weighted by Gasteiger charge is 2.45. The summed E-state index contributed by atoms with van der Waals surface area (Å²) in [4.78, 5) is 36.4. The summed E-state index contributed by atoms with van der Waals surface area (Å²) in [5, 5.41) is 9.47. The van der Waals surface area contributed by atoms with Crippen LogP contribution in [0.2, 0.25) is 0 Å². The second-order valence-corrected chi connectivity index (χ2v) is 4.85. The molecule has 21 heavy (non-hydrogen) atoms. The molecule has 0 radical (unpaired) electrons. The van der Waals surface area contributed by atoms with Gasteiger partial charge in [0.1, 0.15) is 6.04 Å². The zero-order chi connectivity index (χ0) is 15.6. The molecule has 1 amide bonds. The van der Waals surface area contributed by atoms with Gasteiger partial charge in [0.2, 0.25) is 5.91 Å². The van der Waals surface area contributed by atoms with Crippen LogP contribution >= 0.6 is 0 Å². The Balaban J connectivity index is 2.43. The molecule has 0 fully saturated rings. The van der Waals surface area contributed by atoms with E-state index in [1.54, 1.807) is 31.2 Å². The molecule has 1 aliphatic rings. The zero-order valence-electron chi connectivity index (χ0n) is 11.9. The van der Waals surface area contributed by atoms with Gasteiger partial charge in [0, 0.05) is 18.5 Å². The molecule has 2 rings (SSSR count). The third kappa shape index (κ3) is 2.74. The van der Waals surface area contributed by atoms with Crippen molar-refractivity contribution in [1.82, 2.24) is 0 Å². The molecule has 0 saturated heterocycles. The van der Waals surface area contributed by atoms with E-state index in [9.17, 15) is 19.5 Å². The van der Waals surface area contributed by atoms with Crippen molar-refractivity contribution in [2.75, 3.05) is 11.5 Å². The molecule has 2 atom stereocenters. The maximum Gasteiger partial charge on any atom is 0.327 e. The summed E-state index contributed by atoms with van der Waals surface area (Å²) in [5.41, 5.74) is 1.24. The summed E-state index contributed by atoms with van der Waals surface area (Å²) in [7, 11) is 0. The van der Waals surface area contributed by atoms with E-state index < -0.39 is 23.9 Å². The van der Waals surface area contributed by atoms with Crippen LogP contribution in [0.1, 0.15) is 31.7 Å². The van der Waals surface area contributed by atoms with Crippen LogP contribution in [0.4, 0.5) is 5.69 Å². The van der Waals surface area contributed by atoms with Gasteiger partial charge < -0.3 is 9.84 Å². The number of carboxylic acids is 1. The smallest absolute Gasteiger partial charge is 0.327 e. The number of hydrogen-bond donors (Lipinski definition) is 1. The number of esters is 1. The van der Waals surface area contributed by atoms with Gasteiger partial charge in [-0.05, 0) is 18.6 Å². The lowest BCUT2D eigenvalue weighted by atomic mass is 9.91. The number of carboxylic acid groups (broad SMARTS) is 1. The normalized spacial score (nSPS) is 20.0. The topological polar surface area (TPSA) is 83.9 Å². The largest absolute Gasteiger partial charge is 0.480 e. The fourth-order valence-corrected chi connectivity index (χ4v) is 2.79. The number of benzene rings is 1. The van der Waals surface area contributed by atoms with Gasteiger partial charge in [0.05, 0.1) is 13.0 Å². The minimum Gasteiger partial charge on any atom is -0.480 e. The second kappa shape index (κ2) is 5.95. The molecule has 1 heterocycles. The second-order valence-electron chi connectivity index (χ2n) is 4.85. The van der Waals surface area contributed by atoms with Crippen molar-refractivity contribution in [2.24, 2.45) is 0 Å². The number of amides is 1. The number of para-hydroxylation sites is 1. The summed E-state index contributed by atoms with van der Waals surface area (Å²) >= 11 is 0. The van der Waals surface area contributed by atoms with E-state index in [0.29, 0.717) is 11.3 Å². The first-order chi connectivity index (χ1) is 9.97. The number of carbonyl (C=O) groups excluding carboxylic acids is 2. The summed E-state index contributed by atoms with van der Waals surface area (Å²) in [6.45, 7) is 3.25. The predicted octanol–water partition coefficient (Wildman–Crippen LogP) is 1.54. The van der Waals surface area contributed by atoms with E-state index in [1.807, 2.05) is 0 Å². The van der Waals surface area contributed by atoms with Crippen LogP contribution < -0.4 is 4.90 Å². The lowest BCUT2D eigenvalue weighted by Crippen LogP contribution is -2.44. The molecule has 112 valence electrons. The van der Waals surface area contributed by atoms with E-state index in [2.05, 4.69) is 0 Å². The Kier molecular flexibility index (Phi) is 4.26. The number of anilines is 1. The van der Waals surface area contributed by atoms with Crippen molar-refractivity contribution >= 4 is 23.5 Å². The van der Waals surface area contributed by atoms with Crippen LogP contribution in [-0.2, 0) is 19.1 Å². The van der Waals surface area contributed by atoms with Crippen LogP contribution in [0.25, 0.3) is 0 Å². The molecular formula is C15H17NO5. The number of rotatable bonds is 4. The molecule has 1 aliphatic heterocycles. The Bertz CT molecular complexity index is 583. The first kappa shape index (κ1) is 15.0. The van der Waals surface area contributed by atoms with E-state index in [0.717, 1.165) is 0 Å². The van der Waals surface area contributed by atoms with Crippen LogP contribution in [0.3, 0.4) is 0 Å². The van der Waals surface area contributed by atoms with E-state index in [-0.39, 0.29) is 18.9 Å². The van der Waals surface area contributed by atoms with Gasteiger partial charge in [-0.3, -0.25) is 14.5 Å². The van der Waals surface area contributed by atoms with Crippen molar-refractivity contribution < 1.29 is 24.2 Å². The average molecular weight is 291 g/mol. The number of ether oxygens (including phenoxy) is 1. The summed E-state index contributed by atoms with van der Waals surface area (Å²) < 4.78 is 4.91. The molecule has 0 spiro atoms. The molecule has 1 aromatic carbocycles. The SMILES string of the molecule is CCOC(=O)C[C@@H]1c2ccccc2N(C(C)=O)[C@@H]1C(=O)O. The quantitative estimate of drug-likeness (QED) is 0.851. The van der Waals surface area contributed by atoms with Crippen LogP contribution in [-0.4, -0.2) is 35.6 Å². The highest BCUT2D eigenvalue weighted by Crippen LogP contribution is 2.43. The van der Waals surface area contributed by atoms with Crippen LogP contribution in [0, 0.1) is 0 Å². The van der Waals surface area contributed by atoms with Crippen molar-refractivity contribution in [3.63, 3.8) is 0 Å². The third-order valence-corrected chi connectivity index (χ3v) is 3.54. The van der Waals surface area contributed by atoms with E-state index >= 15 is 0 Å². The van der Waals surface area contributed by atoms with Crippen molar-refractivity contribution in [3.05, 3.63) is 29.8 Å². The molecule has 0 saturated carbocycles. The number of aliphatic carboxylic acids is 1. The molecule has 6 nitrogen and oxygen atoms in total. The molecule has 0 aliphatic carbocycles. The lowest BCUT2D eigenvalue weighted by Gasteiger charge is -2.23. The molecule has 0 bridgehead atoms. The van der Waals surface area contributed by atoms with Gasteiger partial charge in [-0.2, -0.15) is 0 Å². The highest BCUT2D eigenvalue weighted by molar-refractivity contribution is 6.02. The van der Waals surface area contributed by atoms with E-state index in [1.165, 1.54) is 11.8 Å². The Morgan fingerprint density at radius 3 is 2.52 bits per heavy atom. The fraction of sp³-hybridized carbons (Fsp3) is 0.400. The Labute approximate surface area is 122 Å². The van der Waals surface area contributed by atoms with Gasteiger partial charge in [0.25, 0.3) is 0 Å². The van der Waals surface area contributed by atoms with Gasteiger partial charge in [-0.15, -0.1) is 0 Å². The third-order valence-electron chi connectivity index (χ3n) is 3.54. The first-order valence-electron chi connectivity index (χ1n) is 6.74. The Hall–Kier alpha value is -2.37. The average Bonchev–Trinajstić information content (AvgIpc) is 2.74. The van der Waals surface area contributed by atoms with Gasteiger partial charge in [-0.25, -0.2) is 4.79 Å². The Morgan fingerprint density at radius 1 is 1.29 bits per heavy atom. The standard InChI is InChI=1S/C15H17NO5/c1-3-21-13(18)8-11-10-6-4-5-7-12(10)16(9(2)17)14(11)15(19)20/h4-7,11,14H,3,8H2,1-2H3,(H,19,20)/t11-,14+/m1/s1. The summed E-state index contributed by atoms with van der Waals surface area (Å²) in [6, 6.07) is 5.86. The summed E-state index contributed by atoms with van der Waals surface area (Å²) in [6.07, 6.45) is -0.0639. The van der Waals surface area contributed by atoms with Gasteiger partial charge >= 0.3 is 11.9 Å². The Morgan fingerprint density at radius 2 is 1.95 bits per heavy atom. The van der Waals surface area contributed by atoms with Crippen molar-refractivity contribution in [2.45, 2.75) is 32.2 Å². The maximum atomic E-state index is 11.8. The molecule has 0 unspecified atom stereocenters. The molecule has 0 aromatic heterocycles.